The Morgan fingerprint density at radius 1 is 1.11 bits per heavy atom. The summed E-state index contributed by atoms with van der Waals surface area (Å²) in [6, 6.07) is 11.7. The number of benzene rings is 2. The van der Waals surface area contributed by atoms with Crippen molar-refractivity contribution in [3.8, 4) is 11.5 Å². The molecule has 0 fully saturated rings. The fourth-order valence-corrected chi connectivity index (χ4v) is 3.55. The van der Waals surface area contributed by atoms with Crippen molar-refractivity contribution in [3.05, 3.63) is 48.0 Å². The van der Waals surface area contributed by atoms with Gasteiger partial charge in [0.15, 0.2) is 16.6 Å². The van der Waals surface area contributed by atoms with Crippen LogP contribution in [0.1, 0.15) is 17.3 Å². The number of ether oxygens (including phenoxy) is 2. The largest absolute Gasteiger partial charge is 0.486 e. The molecule has 0 aliphatic carbocycles. The van der Waals surface area contributed by atoms with E-state index in [4.69, 9.17) is 9.47 Å². The first-order valence-electron chi connectivity index (χ1n) is 8.47. The first-order chi connectivity index (χ1) is 13.1. The molecule has 4 rings (SSSR count). The van der Waals surface area contributed by atoms with Gasteiger partial charge in [-0.2, -0.15) is 0 Å². The molecular formula is C19H17N3O4S. The molecule has 0 radical (unpaired) electrons. The maximum absolute atomic E-state index is 12.4. The van der Waals surface area contributed by atoms with Gasteiger partial charge in [0.25, 0.3) is 5.91 Å². The molecule has 1 atom stereocenters. The van der Waals surface area contributed by atoms with Crippen molar-refractivity contribution in [2.75, 3.05) is 18.5 Å². The van der Waals surface area contributed by atoms with Gasteiger partial charge in [-0.15, -0.1) is 0 Å². The van der Waals surface area contributed by atoms with Crippen molar-refractivity contribution >= 4 is 38.5 Å². The highest BCUT2D eigenvalue weighted by Gasteiger charge is 2.19. The summed E-state index contributed by atoms with van der Waals surface area (Å²) in [5, 5.41) is 5.89. The second-order valence-electron chi connectivity index (χ2n) is 6.03. The topological polar surface area (TPSA) is 89.6 Å². The lowest BCUT2D eigenvalue weighted by Gasteiger charge is -2.17. The number of nitrogens with zero attached hydrogens (tertiary/aromatic N) is 1. The Labute approximate surface area is 159 Å². The zero-order valence-corrected chi connectivity index (χ0v) is 15.3. The lowest BCUT2D eigenvalue weighted by molar-refractivity contribution is -0.117. The van der Waals surface area contributed by atoms with E-state index in [0.29, 0.717) is 35.4 Å². The maximum Gasteiger partial charge on any atom is 0.251 e. The van der Waals surface area contributed by atoms with Gasteiger partial charge in [0, 0.05) is 17.7 Å². The summed E-state index contributed by atoms with van der Waals surface area (Å²) in [5.74, 6) is 0.694. The molecule has 0 saturated heterocycles. The molecular weight excluding hydrogens is 366 g/mol. The number of carbonyl (C=O) groups excluding carboxylic acids is 2. The summed E-state index contributed by atoms with van der Waals surface area (Å²) >= 11 is 1.34. The number of hydrogen-bond acceptors (Lipinski definition) is 6. The Morgan fingerprint density at radius 3 is 2.56 bits per heavy atom. The number of fused-ring (bicyclic) bond motifs is 2. The number of thiazole rings is 1. The number of hydrogen-bond donors (Lipinski definition) is 2. The van der Waals surface area contributed by atoms with Gasteiger partial charge >= 0.3 is 0 Å². The summed E-state index contributed by atoms with van der Waals surface area (Å²) < 4.78 is 12.0. The normalized spacial score (nSPS) is 13.8. The summed E-state index contributed by atoms with van der Waals surface area (Å²) in [5.41, 5.74) is 1.23. The lowest BCUT2D eigenvalue weighted by Crippen LogP contribution is -2.41. The molecule has 0 spiro atoms. The van der Waals surface area contributed by atoms with Crippen LogP contribution >= 0.6 is 11.3 Å². The predicted molar refractivity (Wildman–Crippen MR) is 103 cm³/mol. The van der Waals surface area contributed by atoms with Crippen molar-refractivity contribution in [2.24, 2.45) is 0 Å². The second-order valence-corrected chi connectivity index (χ2v) is 7.06. The molecule has 27 heavy (non-hydrogen) atoms. The van der Waals surface area contributed by atoms with Crippen LogP contribution in [0.25, 0.3) is 10.2 Å². The minimum Gasteiger partial charge on any atom is -0.486 e. The lowest BCUT2D eigenvalue weighted by atomic mass is 10.2. The monoisotopic (exact) mass is 383 g/mol. The Morgan fingerprint density at radius 2 is 1.81 bits per heavy atom. The smallest absolute Gasteiger partial charge is 0.251 e. The molecule has 2 amide bonds. The molecule has 2 N–H and O–H groups in total. The van der Waals surface area contributed by atoms with Crippen molar-refractivity contribution in [1.82, 2.24) is 10.3 Å². The van der Waals surface area contributed by atoms with Gasteiger partial charge in [-0.3, -0.25) is 9.59 Å². The first kappa shape index (κ1) is 17.3. The zero-order valence-electron chi connectivity index (χ0n) is 14.5. The van der Waals surface area contributed by atoms with E-state index in [1.54, 1.807) is 37.3 Å². The van der Waals surface area contributed by atoms with Gasteiger partial charge in [-0.05, 0) is 19.1 Å². The van der Waals surface area contributed by atoms with E-state index >= 15 is 0 Å². The van der Waals surface area contributed by atoms with Crippen LogP contribution < -0.4 is 20.1 Å². The third kappa shape index (κ3) is 3.70. The number of aromatic nitrogens is 1. The highest BCUT2D eigenvalue weighted by atomic mass is 32.1. The van der Waals surface area contributed by atoms with Gasteiger partial charge in [-0.1, -0.05) is 29.5 Å². The summed E-state index contributed by atoms with van der Waals surface area (Å²) in [6.07, 6.45) is 0. The molecule has 3 aromatic rings. The summed E-state index contributed by atoms with van der Waals surface area (Å²) in [6.45, 7) is 2.65. The Kier molecular flexibility index (Phi) is 4.64. The Balaban J connectivity index is 1.45. The fourth-order valence-electron chi connectivity index (χ4n) is 2.67. The van der Waals surface area contributed by atoms with E-state index in [9.17, 15) is 9.59 Å². The Hall–Kier alpha value is -3.13. The zero-order chi connectivity index (χ0) is 18.8. The fraction of sp³-hybridized carbons (Fsp3) is 0.211. The highest BCUT2D eigenvalue weighted by Crippen LogP contribution is 2.37. The number of anilines is 1. The van der Waals surface area contributed by atoms with E-state index in [2.05, 4.69) is 15.6 Å². The first-order valence-corrected chi connectivity index (χ1v) is 9.29. The number of carbonyl (C=O) groups is 2. The molecule has 1 aliphatic heterocycles. The highest BCUT2D eigenvalue weighted by molar-refractivity contribution is 7.22. The minimum atomic E-state index is -0.704. The van der Waals surface area contributed by atoms with Gasteiger partial charge < -0.3 is 20.1 Å². The van der Waals surface area contributed by atoms with Crippen LogP contribution in [0.5, 0.6) is 11.5 Å². The van der Waals surface area contributed by atoms with Gasteiger partial charge in [0.05, 0.1) is 10.2 Å². The molecule has 1 aliphatic rings. The van der Waals surface area contributed by atoms with Gasteiger partial charge in [0.1, 0.15) is 19.3 Å². The van der Waals surface area contributed by atoms with Crippen LogP contribution in [0.3, 0.4) is 0 Å². The van der Waals surface area contributed by atoms with E-state index in [-0.39, 0.29) is 11.8 Å². The molecule has 138 valence electrons. The number of amides is 2. The van der Waals surface area contributed by atoms with Crippen LogP contribution in [0, 0.1) is 0 Å². The van der Waals surface area contributed by atoms with Crippen LogP contribution in [-0.4, -0.2) is 36.1 Å². The standard InChI is InChI=1S/C19H17N3O4S/c1-11(20-18(24)12-5-3-2-4-6-12)17(23)22-19-21-13-9-14-15(10-16(13)27-19)26-8-7-25-14/h2-6,9-11H,7-8H2,1H3,(H,20,24)(H,21,22,23)/t11-/m0/s1. The molecule has 1 aromatic heterocycles. The van der Waals surface area contributed by atoms with Crippen LogP contribution in [0.4, 0.5) is 5.13 Å². The second kappa shape index (κ2) is 7.24. The average molecular weight is 383 g/mol. The van der Waals surface area contributed by atoms with Crippen LogP contribution in [0.2, 0.25) is 0 Å². The van der Waals surface area contributed by atoms with Crippen LogP contribution in [-0.2, 0) is 4.79 Å². The van der Waals surface area contributed by atoms with E-state index in [1.807, 2.05) is 12.1 Å². The van der Waals surface area contributed by atoms with Crippen molar-refractivity contribution in [1.29, 1.82) is 0 Å². The van der Waals surface area contributed by atoms with Crippen molar-refractivity contribution < 1.29 is 19.1 Å². The molecule has 7 nitrogen and oxygen atoms in total. The minimum absolute atomic E-state index is 0.301. The third-order valence-corrected chi connectivity index (χ3v) is 4.99. The van der Waals surface area contributed by atoms with Crippen molar-refractivity contribution in [2.45, 2.75) is 13.0 Å². The molecule has 2 heterocycles. The SMILES string of the molecule is C[C@H](NC(=O)c1ccccc1)C(=O)Nc1nc2cc3c(cc2s1)OCCO3. The molecule has 0 saturated carbocycles. The quantitative estimate of drug-likeness (QED) is 0.723. The van der Waals surface area contributed by atoms with Crippen molar-refractivity contribution in [3.63, 3.8) is 0 Å². The van der Waals surface area contributed by atoms with Gasteiger partial charge in [0.2, 0.25) is 5.91 Å². The van der Waals surface area contributed by atoms with E-state index in [0.717, 1.165) is 10.2 Å². The average Bonchev–Trinajstić information content (AvgIpc) is 3.07. The number of rotatable bonds is 4. The molecule has 0 unspecified atom stereocenters. The van der Waals surface area contributed by atoms with Gasteiger partial charge in [-0.25, -0.2) is 4.98 Å². The summed E-state index contributed by atoms with van der Waals surface area (Å²) in [4.78, 5) is 29.0. The predicted octanol–water partition coefficient (Wildman–Crippen LogP) is 2.82. The Bertz CT molecular complexity index is 960. The molecule has 8 heteroatoms. The summed E-state index contributed by atoms with van der Waals surface area (Å²) in [7, 11) is 0. The number of nitrogens with one attached hydrogen (secondary N) is 2. The van der Waals surface area contributed by atoms with E-state index < -0.39 is 6.04 Å². The third-order valence-electron chi connectivity index (χ3n) is 4.06. The van der Waals surface area contributed by atoms with Crippen LogP contribution in [0.15, 0.2) is 42.5 Å². The van der Waals surface area contributed by atoms with E-state index in [1.165, 1.54) is 11.3 Å². The molecule has 0 bridgehead atoms. The maximum atomic E-state index is 12.4. The molecule has 2 aromatic carbocycles.